The molecule has 0 spiro atoms. The standard InChI is InChI=1S/C18H33N3O3S/c1-7-13-24-16-9-8-11-20(12-10-16)25(22,23)17-14(2)19-21(15(17)3)18(4,5)6/h16H,7-13H2,1-6H3. The van der Waals surface area contributed by atoms with E-state index < -0.39 is 10.0 Å². The molecule has 2 heterocycles. The Morgan fingerprint density at radius 2 is 1.88 bits per heavy atom. The molecule has 1 unspecified atom stereocenters. The number of aromatic nitrogens is 2. The van der Waals surface area contributed by atoms with Crippen LogP contribution < -0.4 is 0 Å². The van der Waals surface area contributed by atoms with Crippen molar-refractivity contribution in [2.75, 3.05) is 19.7 Å². The average molecular weight is 372 g/mol. The molecule has 144 valence electrons. The molecule has 0 amide bonds. The van der Waals surface area contributed by atoms with Crippen molar-refractivity contribution in [2.45, 2.75) is 83.8 Å². The lowest BCUT2D eigenvalue weighted by Crippen LogP contribution is -2.33. The van der Waals surface area contributed by atoms with Crippen molar-refractivity contribution in [1.29, 1.82) is 0 Å². The highest BCUT2D eigenvalue weighted by Gasteiger charge is 2.34. The van der Waals surface area contributed by atoms with Gasteiger partial charge in [0.15, 0.2) is 0 Å². The summed E-state index contributed by atoms with van der Waals surface area (Å²) in [5.74, 6) is 0. The first-order valence-electron chi connectivity index (χ1n) is 9.27. The van der Waals surface area contributed by atoms with E-state index in [-0.39, 0.29) is 11.6 Å². The first-order valence-corrected chi connectivity index (χ1v) is 10.7. The second-order valence-corrected chi connectivity index (χ2v) is 9.79. The van der Waals surface area contributed by atoms with Gasteiger partial charge in [-0.25, -0.2) is 8.42 Å². The molecule has 25 heavy (non-hydrogen) atoms. The van der Waals surface area contributed by atoms with Gasteiger partial charge in [-0.2, -0.15) is 9.40 Å². The van der Waals surface area contributed by atoms with Gasteiger partial charge in [0.2, 0.25) is 10.0 Å². The van der Waals surface area contributed by atoms with Gasteiger partial charge in [0.1, 0.15) is 4.90 Å². The van der Waals surface area contributed by atoms with Gasteiger partial charge in [-0.3, -0.25) is 4.68 Å². The zero-order valence-corrected chi connectivity index (χ0v) is 17.3. The van der Waals surface area contributed by atoms with Crippen LogP contribution in [0.5, 0.6) is 0 Å². The summed E-state index contributed by atoms with van der Waals surface area (Å²) in [4.78, 5) is 0.371. The minimum Gasteiger partial charge on any atom is -0.378 e. The summed E-state index contributed by atoms with van der Waals surface area (Å²) in [6.07, 6.45) is 3.66. The van der Waals surface area contributed by atoms with Gasteiger partial charge in [-0.05, 0) is 60.3 Å². The van der Waals surface area contributed by atoms with Crippen LogP contribution in [-0.4, -0.2) is 48.3 Å². The Kier molecular flexibility index (Phi) is 6.33. The molecule has 0 N–H and O–H groups in total. The Morgan fingerprint density at radius 3 is 2.44 bits per heavy atom. The van der Waals surface area contributed by atoms with Crippen LogP contribution in [0.25, 0.3) is 0 Å². The Hall–Kier alpha value is -0.920. The first-order chi connectivity index (χ1) is 11.6. The number of hydrogen-bond acceptors (Lipinski definition) is 4. The zero-order valence-electron chi connectivity index (χ0n) is 16.5. The predicted octanol–water partition coefficient (Wildman–Crippen LogP) is 3.22. The fourth-order valence-corrected chi connectivity index (χ4v) is 5.36. The lowest BCUT2D eigenvalue weighted by molar-refractivity contribution is 0.0450. The molecular weight excluding hydrogens is 338 g/mol. The fraction of sp³-hybridized carbons (Fsp3) is 0.833. The minimum absolute atomic E-state index is 0.166. The van der Waals surface area contributed by atoms with E-state index in [0.717, 1.165) is 32.3 Å². The Labute approximate surface area is 152 Å². The van der Waals surface area contributed by atoms with Gasteiger partial charge >= 0.3 is 0 Å². The van der Waals surface area contributed by atoms with Crippen LogP contribution >= 0.6 is 0 Å². The lowest BCUT2D eigenvalue weighted by Gasteiger charge is -2.23. The molecule has 1 fully saturated rings. The molecular formula is C18H33N3O3S. The number of aryl methyl sites for hydroxylation is 1. The van der Waals surface area contributed by atoms with Crippen LogP contribution in [0.15, 0.2) is 4.90 Å². The van der Waals surface area contributed by atoms with Crippen molar-refractivity contribution in [3.8, 4) is 0 Å². The molecule has 6 nitrogen and oxygen atoms in total. The quantitative estimate of drug-likeness (QED) is 0.797. The molecule has 0 aliphatic carbocycles. The molecule has 1 aromatic heterocycles. The number of nitrogens with zero attached hydrogens (tertiary/aromatic N) is 3. The summed E-state index contributed by atoms with van der Waals surface area (Å²) in [5.41, 5.74) is 1.05. The van der Waals surface area contributed by atoms with Crippen molar-refractivity contribution in [3.63, 3.8) is 0 Å². The summed E-state index contributed by atoms with van der Waals surface area (Å²) in [7, 11) is -3.54. The normalized spacial score (nSPS) is 20.6. The highest BCUT2D eigenvalue weighted by molar-refractivity contribution is 7.89. The lowest BCUT2D eigenvalue weighted by atomic mass is 10.1. The second kappa shape index (κ2) is 7.76. The van der Waals surface area contributed by atoms with E-state index >= 15 is 0 Å². The molecule has 0 bridgehead atoms. The van der Waals surface area contributed by atoms with Gasteiger partial charge < -0.3 is 4.74 Å². The largest absolute Gasteiger partial charge is 0.378 e. The zero-order chi connectivity index (χ0) is 18.8. The third kappa shape index (κ3) is 4.44. The van der Waals surface area contributed by atoms with Gasteiger partial charge in [-0.15, -0.1) is 0 Å². The third-order valence-corrected chi connectivity index (χ3v) is 6.80. The monoisotopic (exact) mass is 371 g/mol. The summed E-state index contributed by atoms with van der Waals surface area (Å²) in [6, 6.07) is 0. The fourth-order valence-electron chi connectivity index (χ4n) is 3.51. The number of sulfonamides is 1. The molecule has 0 radical (unpaired) electrons. The molecule has 1 atom stereocenters. The SMILES string of the molecule is CCCOC1CCCN(S(=O)(=O)c2c(C)nn(C(C)(C)C)c2C)CC1. The maximum atomic E-state index is 13.3. The molecule has 1 aromatic rings. The van der Waals surface area contributed by atoms with E-state index in [0.29, 0.717) is 29.4 Å². The maximum absolute atomic E-state index is 13.3. The number of rotatable bonds is 5. The molecule has 1 aliphatic heterocycles. The van der Waals surface area contributed by atoms with E-state index in [1.165, 1.54) is 0 Å². The molecule has 1 aliphatic rings. The summed E-state index contributed by atoms with van der Waals surface area (Å²) in [6.45, 7) is 13.6. The van der Waals surface area contributed by atoms with E-state index in [2.05, 4.69) is 12.0 Å². The van der Waals surface area contributed by atoms with E-state index in [1.54, 1.807) is 11.2 Å². The van der Waals surface area contributed by atoms with Gasteiger partial charge in [0.25, 0.3) is 0 Å². The van der Waals surface area contributed by atoms with Crippen molar-refractivity contribution < 1.29 is 13.2 Å². The molecule has 2 rings (SSSR count). The van der Waals surface area contributed by atoms with Crippen LogP contribution in [0.4, 0.5) is 0 Å². The Balaban J connectivity index is 2.26. The highest BCUT2D eigenvalue weighted by atomic mass is 32.2. The summed E-state index contributed by atoms with van der Waals surface area (Å²) < 4.78 is 35.8. The van der Waals surface area contributed by atoms with Crippen LogP contribution in [0.1, 0.15) is 64.8 Å². The Morgan fingerprint density at radius 1 is 1.20 bits per heavy atom. The van der Waals surface area contributed by atoms with Crippen LogP contribution in [0.2, 0.25) is 0 Å². The van der Waals surface area contributed by atoms with Crippen molar-refractivity contribution in [1.82, 2.24) is 14.1 Å². The Bertz CT molecular complexity index is 689. The van der Waals surface area contributed by atoms with Crippen molar-refractivity contribution in [2.24, 2.45) is 0 Å². The van der Waals surface area contributed by atoms with Gasteiger partial charge in [-0.1, -0.05) is 6.92 Å². The van der Waals surface area contributed by atoms with Crippen LogP contribution in [0, 0.1) is 13.8 Å². The molecule has 7 heteroatoms. The van der Waals surface area contributed by atoms with Gasteiger partial charge in [0, 0.05) is 19.7 Å². The van der Waals surface area contributed by atoms with Crippen LogP contribution in [0.3, 0.4) is 0 Å². The first kappa shape index (κ1) is 20.4. The van der Waals surface area contributed by atoms with Crippen molar-refractivity contribution in [3.05, 3.63) is 11.4 Å². The number of ether oxygens (including phenoxy) is 1. The van der Waals surface area contributed by atoms with E-state index in [1.807, 2.05) is 32.4 Å². The second-order valence-electron chi connectivity index (χ2n) is 7.91. The average Bonchev–Trinajstić information content (AvgIpc) is 2.70. The maximum Gasteiger partial charge on any atom is 0.246 e. The highest BCUT2D eigenvalue weighted by Crippen LogP contribution is 2.29. The number of hydrogen-bond donors (Lipinski definition) is 0. The smallest absolute Gasteiger partial charge is 0.246 e. The molecule has 1 saturated heterocycles. The van der Waals surface area contributed by atoms with Crippen molar-refractivity contribution >= 4 is 10.0 Å². The minimum atomic E-state index is -3.54. The molecule has 0 saturated carbocycles. The van der Waals surface area contributed by atoms with E-state index in [4.69, 9.17) is 4.74 Å². The molecule has 0 aromatic carbocycles. The third-order valence-electron chi connectivity index (χ3n) is 4.65. The van der Waals surface area contributed by atoms with Crippen LogP contribution in [-0.2, 0) is 20.3 Å². The summed E-state index contributed by atoms with van der Waals surface area (Å²) >= 11 is 0. The predicted molar refractivity (Wildman–Crippen MR) is 99.3 cm³/mol. The van der Waals surface area contributed by atoms with E-state index in [9.17, 15) is 8.42 Å². The van der Waals surface area contributed by atoms with Gasteiger partial charge in [0.05, 0.1) is 23.0 Å². The summed E-state index contributed by atoms with van der Waals surface area (Å²) in [5, 5.41) is 4.51. The topological polar surface area (TPSA) is 64.4 Å².